The Kier molecular flexibility index (Phi) is 8.03. The fourth-order valence-corrected chi connectivity index (χ4v) is 6.25. The minimum Gasteiger partial charge on any atom is -0.481 e. The highest BCUT2D eigenvalue weighted by atomic mass is 32.2. The highest BCUT2D eigenvalue weighted by molar-refractivity contribution is 7.82. The number of amides is 1. The van der Waals surface area contributed by atoms with Gasteiger partial charge in [0.2, 0.25) is 0 Å². The van der Waals surface area contributed by atoms with Crippen molar-refractivity contribution in [1.82, 2.24) is 9.21 Å². The Morgan fingerprint density at radius 2 is 1.73 bits per heavy atom. The van der Waals surface area contributed by atoms with Gasteiger partial charge in [-0.05, 0) is 48.6 Å². The number of piperidine rings is 1. The third-order valence-electron chi connectivity index (χ3n) is 6.78. The Balaban J connectivity index is 1.37. The Bertz CT molecular complexity index is 1190. The zero-order valence-electron chi connectivity index (χ0n) is 19.9. The number of nitrogens with zero attached hydrogens (tertiary/aromatic N) is 2. The summed E-state index contributed by atoms with van der Waals surface area (Å²) in [5.74, 6) is -2.14. The lowest BCUT2D eigenvalue weighted by molar-refractivity contribution is -0.274. The van der Waals surface area contributed by atoms with Gasteiger partial charge >= 0.3 is 12.3 Å². The molecule has 0 saturated carbocycles. The summed E-state index contributed by atoms with van der Waals surface area (Å²) in [6, 6.07) is 14.7. The summed E-state index contributed by atoms with van der Waals surface area (Å²) in [5.41, 5.74) is 1.04. The fraction of sp³-hybridized carbons (Fsp3) is 0.385. The molecule has 1 N–H and O–H groups in total. The van der Waals surface area contributed by atoms with Crippen molar-refractivity contribution in [3.05, 3.63) is 71.8 Å². The van der Waals surface area contributed by atoms with Crippen LogP contribution in [0.4, 0.5) is 13.2 Å². The first kappa shape index (κ1) is 26.9. The van der Waals surface area contributed by atoms with E-state index in [1.165, 1.54) is 22.6 Å². The normalized spacial score (nSPS) is 19.1. The fourth-order valence-electron chi connectivity index (χ4n) is 4.64. The summed E-state index contributed by atoms with van der Waals surface area (Å²) < 4.78 is 56.4. The molecule has 1 atom stereocenters. The third kappa shape index (κ3) is 6.58. The number of aliphatic carboxylic acids is 1. The zero-order valence-corrected chi connectivity index (χ0v) is 20.8. The number of halogens is 3. The van der Waals surface area contributed by atoms with E-state index in [1.807, 2.05) is 36.4 Å². The summed E-state index contributed by atoms with van der Waals surface area (Å²) in [4.78, 5) is 26.6. The second-order valence-corrected chi connectivity index (χ2v) is 10.6. The molecule has 4 rings (SSSR count). The number of rotatable bonds is 7. The lowest BCUT2D eigenvalue weighted by atomic mass is 9.80. The highest BCUT2D eigenvalue weighted by Crippen LogP contribution is 2.35. The SMILES string of the molecule is O=C(c1cccc(OC(F)(F)F)c1)N1CCC(CS(=O)N2CC=C(c3ccccc3)CC2)(C(=O)O)CC1. The summed E-state index contributed by atoms with van der Waals surface area (Å²) >= 11 is 0. The molecular weight excluding hydrogens is 509 g/mol. The maximum absolute atomic E-state index is 13.2. The van der Waals surface area contributed by atoms with Gasteiger partial charge in [-0.3, -0.25) is 9.59 Å². The summed E-state index contributed by atoms with van der Waals surface area (Å²) in [5, 5.41) is 10.0. The summed E-state index contributed by atoms with van der Waals surface area (Å²) in [6.45, 7) is 1.17. The van der Waals surface area contributed by atoms with E-state index in [-0.39, 0.29) is 37.2 Å². The lowest BCUT2D eigenvalue weighted by Gasteiger charge is -2.39. The quantitative estimate of drug-likeness (QED) is 0.569. The standard InChI is InChI=1S/C26H27F3N2O5S/c27-26(28,29)36-22-8-4-7-21(17-22)23(32)30-15-11-25(12-16-30,24(33)34)18-37(35)31-13-9-20(10-14-31)19-5-2-1-3-6-19/h1-9,17H,10-16,18H2,(H,33,34). The van der Waals surface area contributed by atoms with Crippen LogP contribution in [0, 0.1) is 5.41 Å². The van der Waals surface area contributed by atoms with Crippen LogP contribution in [0.5, 0.6) is 5.75 Å². The van der Waals surface area contributed by atoms with Gasteiger partial charge in [0, 0.05) is 31.7 Å². The average Bonchev–Trinajstić information content (AvgIpc) is 2.88. The number of carbonyl (C=O) groups excluding carboxylic acids is 1. The van der Waals surface area contributed by atoms with Crippen LogP contribution in [0.2, 0.25) is 0 Å². The number of hydrogen-bond donors (Lipinski definition) is 1. The van der Waals surface area contributed by atoms with Crippen molar-refractivity contribution in [1.29, 1.82) is 0 Å². The molecule has 11 heteroatoms. The molecule has 2 aliphatic heterocycles. The van der Waals surface area contributed by atoms with Gasteiger partial charge in [-0.1, -0.05) is 42.5 Å². The van der Waals surface area contributed by atoms with Crippen molar-refractivity contribution in [2.75, 3.05) is 31.9 Å². The Morgan fingerprint density at radius 3 is 2.32 bits per heavy atom. The lowest BCUT2D eigenvalue weighted by Crippen LogP contribution is -2.50. The van der Waals surface area contributed by atoms with Gasteiger partial charge in [-0.2, -0.15) is 0 Å². The molecule has 0 spiro atoms. The summed E-state index contributed by atoms with van der Waals surface area (Å²) in [6.07, 6.45) is -1.97. The molecule has 0 aromatic heterocycles. The molecule has 0 aliphatic carbocycles. The van der Waals surface area contributed by atoms with Crippen molar-refractivity contribution < 1.29 is 36.8 Å². The zero-order chi connectivity index (χ0) is 26.6. The first-order valence-corrected chi connectivity index (χ1v) is 13.1. The van der Waals surface area contributed by atoms with Gasteiger partial charge in [0.25, 0.3) is 5.91 Å². The number of hydrogen-bond acceptors (Lipinski definition) is 4. The van der Waals surface area contributed by atoms with Crippen molar-refractivity contribution >= 4 is 28.4 Å². The van der Waals surface area contributed by atoms with Crippen LogP contribution < -0.4 is 4.74 Å². The Labute approximate surface area is 215 Å². The molecule has 37 heavy (non-hydrogen) atoms. The monoisotopic (exact) mass is 536 g/mol. The molecule has 1 saturated heterocycles. The molecule has 0 radical (unpaired) electrons. The van der Waals surface area contributed by atoms with E-state index < -0.39 is 40.4 Å². The second kappa shape index (κ2) is 11.1. The highest BCUT2D eigenvalue weighted by Gasteiger charge is 2.45. The molecule has 2 heterocycles. The molecule has 0 bridgehead atoms. The second-order valence-electron chi connectivity index (χ2n) is 9.15. The van der Waals surface area contributed by atoms with Gasteiger partial charge in [0.05, 0.1) is 22.2 Å². The molecule has 2 aliphatic rings. The number of benzene rings is 2. The third-order valence-corrected chi connectivity index (χ3v) is 8.49. The van der Waals surface area contributed by atoms with Gasteiger partial charge in [0.1, 0.15) is 5.75 Å². The van der Waals surface area contributed by atoms with Gasteiger partial charge in [0.15, 0.2) is 0 Å². The number of alkyl halides is 3. The Hall–Kier alpha value is -3.18. The average molecular weight is 537 g/mol. The molecular formula is C26H27F3N2O5S. The van der Waals surface area contributed by atoms with Gasteiger partial charge < -0.3 is 14.7 Å². The van der Waals surface area contributed by atoms with Gasteiger partial charge in [-0.15, -0.1) is 13.2 Å². The first-order chi connectivity index (χ1) is 17.6. The predicted octanol–water partition coefficient (Wildman–Crippen LogP) is 4.35. The minimum atomic E-state index is -4.88. The molecule has 2 aromatic rings. The van der Waals surface area contributed by atoms with Crippen LogP contribution in [0.25, 0.3) is 5.57 Å². The van der Waals surface area contributed by atoms with E-state index in [2.05, 4.69) is 4.74 Å². The molecule has 1 fully saturated rings. The number of carboxylic acid groups (broad SMARTS) is 1. The van der Waals surface area contributed by atoms with E-state index in [0.29, 0.717) is 19.5 Å². The topological polar surface area (TPSA) is 87.2 Å². The van der Waals surface area contributed by atoms with Crippen LogP contribution in [0.15, 0.2) is 60.7 Å². The maximum Gasteiger partial charge on any atom is 0.573 e. The van der Waals surface area contributed by atoms with E-state index in [9.17, 15) is 32.1 Å². The largest absolute Gasteiger partial charge is 0.573 e. The van der Waals surface area contributed by atoms with Crippen molar-refractivity contribution in [3.8, 4) is 5.75 Å². The van der Waals surface area contributed by atoms with Crippen LogP contribution in [-0.2, 0) is 15.8 Å². The molecule has 7 nitrogen and oxygen atoms in total. The van der Waals surface area contributed by atoms with Crippen molar-refractivity contribution in [2.45, 2.75) is 25.6 Å². The van der Waals surface area contributed by atoms with Crippen LogP contribution in [0.3, 0.4) is 0 Å². The van der Waals surface area contributed by atoms with Gasteiger partial charge in [-0.25, -0.2) is 8.51 Å². The first-order valence-electron chi connectivity index (χ1n) is 11.8. The Morgan fingerprint density at radius 1 is 1.03 bits per heavy atom. The molecule has 1 amide bonds. The molecule has 2 aromatic carbocycles. The maximum atomic E-state index is 13.2. The smallest absolute Gasteiger partial charge is 0.481 e. The number of carbonyl (C=O) groups is 2. The van der Waals surface area contributed by atoms with E-state index in [1.54, 1.807) is 4.31 Å². The number of likely N-dealkylation sites (tertiary alicyclic amines) is 1. The van der Waals surface area contributed by atoms with Crippen molar-refractivity contribution in [2.24, 2.45) is 5.41 Å². The molecule has 1 unspecified atom stereocenters. The number of ether oxygens (including phenoxy) is 1. The van der Waals surface area contributed by atoms with Crippen LogP contribution >= 0.6 is 0 Å². The van der Waals surface area contributed by atoms with Crippen molar-refractivity contribution in [3.63, 3.8) is 0 Å². The van der Waals surface area contributed by atoms with Crippen LogP contribution in [-0.4, -0.2) is 68.7 Å². The predicted molar refractivity (Wildman–Crippen MR) is 132 cm³/mol. The van der Waals surface area contributed by atoms with E-state index in [0.717, 1.165) is 17.7 Å². The summed E-state index contributed by atoms with van der Waals surface area (Å²) in [7, 11) is -1.52. The number of carboxylic acids is 1. The van der Waals surface area contributed by atoms with E-state index >= 15 is 0 Å². The van der Waals surface area contributed by atoms with Crippen LogP contribution in [0.1, 0.15) is 35.2 Å². The molecule has 198 valence electrons. The van der Waals surface area contributed by atoms with E-state index in [4.69, 9.17) is 0 Å². The minimum absolute atomic E-state index is 0.0162.